The number of ether oxygens (including phenoxy) is 1. The molecule has 0 aliphatic carbocycles. The van der Waals surface area contributed by atoms with Gasteiger partial charge in [0.25, 0.3) is 0 Å². The van der Waals surface area contributed by atoms with Gasteiger partial charge in [0.15, 0.2) is 0 Å². The zero-order valence-electron chi connectivity index (χ0n) is 11.9. The van der Waals surface area contributed by atoms with E-state index >= 15 is 0 Å². The molecule has 0 aromatic heterocycles. The Balaban J connectivity index is 2.31. The summed E-state index contributed by atoms with van der Waals surface area (Å²) in [4.78, 5) is 11.8. The second-order valence-electron chi connectivity index (χ2n) is 5.53. The van der Waals surface area contributed by atoms with E-state index in [1.807, 2.05) is 11.8 Å². The molecular formula is C13H26N2O2S. The lowest BCUT2D eigenvalue weighted by atomic mass is 10.1. The molecule has 18 heavy (non-hydrogen) atoms. The van der Waals surface area contributed by atoms with Gasteiger partial charge in [0.2, 0.25) is 0 Å². The van der Waals surface area contributed by atoms with E-state index < -0.39 is 0 Å². The Bertz CT molecular complexity index is 266. The van der Waals surface area contributed by atoms with Crippen molar-refractivity contribution in [3.05, 3.63) is 0 Å². The summed E-state index contributed by atoms with van der Waals surface area (Å²) >= 11 is 1.95. The maximum Gasteiger partial charge on any atom is 0.315 e. The summed E-state index contributed by atoms with van der Waals surface area (Å²) in [6, 6.07) is -0.0153. The van der Waals surface area contributed by atoms with Crippen LogP contribution in [0.15, 0.2) is 0 Å². The van der Waals surface area contributed by atoms with Gasteiger partial charge < -0.3 is 15.4 Å². The van der Waals surface area contributed by atoms with E-state index in [0.717, 1.165) is 6.54 Å². The number of carbonyl (C=O) groups is 1. The van der Waals surface area contributed by atoms with Gasteiger partial charge in [-0.25, -0.2) is 4.79 Å². The Labute approximate surface area is 115 Å². The van der Waals surface area contributed by atoms with Crippen LogP contribution in [-0.4, -0.2) is 42.8 Å². The number of urea groups is 1. The fourth-order valence-electron chi connectivity index (χ4n) is 2.04. The Hall–Kier alpha value is -0.420. The zero-order chi connectivity index (χ0) is 13.6. The van der Waals surface area contributed by atoms with Gasteiger partial charge in [-0.15, -0.1) is 0 Å². The van der Waals surface area contributed by atoms with Crippen LogP contribution in [0.5, 0.6) is 0 Å². The average Bonchev–Trinajstić information content (AvgIpc) is 2.73. The van der Waals surface area contributed by atoms with Gasteiger partial charge in [-0.2, -0.15) is 11.8 Å². The topological polar surface area (TPSA) is 50.4 Å². The van der Waals surface area contributed by atoms with E-state index in [1.165, 1.54) is 18.6 Å². The summed E-state index contributed by atoms with van der Waals surface area (Å²) in [5.74, 6) is 1.57. The Kier molecular flexibility index (Phi) is 6.29. The molecule has 1 fully saturated rings. The largest absolute Gasteiger partial charge is 0.383 e. The highest BCUT2D eigenvalue weighted by Crippen LogP contribution is 2.36. The molecule has 1 saturated heterocycles. The third-order valence-corrected chi connectivity index (χ3v) is 4.93. The lowest BCUT2D eigenvalue weighted by Crippen LogP contribution is -2.49. The first-order chi connectivity index (χ1) is 8.47. The molecule has 2 atom stereocenters. The van der Waals surface area contributed by atoms with Gasteiger partial charge >= 0.3 is 6.03 Å². The standard InChI is InChI=1S/C13H26N2O2S/c1-10(2)11(8-17-4)15-12(16)14-9-13(3)6-5-7-18-13/h10-11H,5-9H2,1-4H3,(H2,14,15,16)/t11-,13+/m0/s1. The summed E-state index contributed by atoms with van der Waals surface area (Å²) < 4.78 is 5.33. The van der Waals surface area contributed by atoms with Gasteiger partial charge in [-0.05, 0) is 31.4 Å². The van der Waals surface area contributed by atoms with E-state index in [9.17, 15) is 4.79 Å². The molecule has 1 aliphatic heterocycles. The van der Waals surface area contributed by atoms with Crippen molar-refractivity contribution in [2.45, 2.75) is 44.4 Å². The molecule has 1 rings (SSSR count). The number of nitrogens with one attached hydrogen (secondary N) is 2. The fourth-order valence-corrected chi connectivity index (χ4v) is 3.29. The minimum absolute atomic E-state index is 0.0686. The molecule has 1 heterocycles. The van der Waals surface area contributed by atoms with Crippen molar-refractivity contribution in [3.8, 4) is 0 Å². The van der Waals surface area contributed by atoms with E-state index in [1.54, 1.807) is 7.11 Å². The first-order valence-corrected chi connectivity index (χ1v) is 7.63. The Morgan fingerprint density at radius 2 is 2.22 bits per heavy atom. The van der Waals surface area contributed by atoms with Crippen molar-refractivity contribution in [1.29, 1.82) is 0 Å². The SMILES string of the molecule is COC[C@H](NC(=O)NC[C@@]1(C)CCCS1)C(C)C. The van der Waals surface area contributed by atoms with Gasteiger partial charge in [-0.3, -0.25) is 0 Å². The van der Waals surface area contributed by atoms with Crippen LogP contribution in [0.1, 0.15) is 33.6 Å². The number of rotatable bonds is 6. The highest BCUT2D eigenvalue weighted by atomic mass is 32.2. The smallest absolute Gasteiger partial charge is 0.315 e. The van der Waals surface area contributed by atoms with Crippen molar-refractivity contribution in [2.75, 3.05) is 26.0 Å². The lowest BCUT2D eigenvalue weighted by Gasteiger charge is -2.25. The third kappa shape index (κ3) is 5.06. The fraction of sp³-hybridized carbons (Fsp3) is 0.923. The van der Waals surface area contributed by atoms with Crippen molar-refractivity contribution < 1.29 is 9.53 Å². The minimum Gasteiger partial charge on any atom is -0.383 e. The van der Waals surface area contributed by atoms with Crippen molar-refractivity contribution in [2.24, 2.45) is 5.92 Å². The van der Waals surface area contributed by atoms with E-state index in [0.29, 0.717) is 12.5 Å². The highest BCUT2D eigenvalue weighted by molar-refractivity contribution is 8.00. The maximum atomic E-state index is 11.8. The van der Waals surface area contributed by atoms with E-state index in [2.05, 4.69) is 31.4 Å². The molecule has 0 saturated carbocycles. The highest BCUT2D eigenvalue weighted by Gasteiger charge is 2.30. The number of hydrogen-bond acceptors (Lipinski definition) is 3. The average molecular weight is 274 g/mol. The monoisotopic (exact) mass is 274 g/mol. The van der Waals surface area contributed by atoms with Crippen LogP contribution in [0.25, 0.3) is 0 Å². The Morgan fingerprint density at radius 3 is 2.72 bits per heavy atom. The van der Waals surface area contributed by atoms with Gasteiger partial charge in [-0.1, -0.05) is 13.8 Å². The summed E-state index contributed by atoms with van der Waals surface area (Å²) in [6.07, 6.45) is 2.44. The van der Waals surface area contributed by atoms with Crippen LogP contribution < -0.4 is 10.6 Å². The lowest BCUT2D eigenvalue weighted by molar-refractivity contribution is 0.147. The Morgan fingerprint density at radius 1 is 1.50 bits per heavy atom. The van der Waals surface area contributed by atoms with Crippen LogP contribution in [0.2, 0.25) is 0 Å². The minimum atomic E-state index is -0.0838. The van der Waals surface area contributed by atoms with Gasteiger partial charge in [0, 0.05) is 18.4 Å². The van der Waals surface area contributed by atoms with Crippen LogP contribution in [0, 0.1) is 5.92 Å². The summed E-state index contributed by atoms with van der Waals surface area (Å²) in [7, 11) is 1.66. The van der Waals surface area contributed by atoms with E-state index in [-0.39, 0.29) is 16.8 Å². The molecule has 2 amide bonds. The second kappa shape index (κ2) is 7.24. The van der Waals surface area contributed by atoms with Crippen LogP contribution >= 0.6 is 11.8 Å². The van der Waals surface area contributed by atoms with Crippen LogP contribution in [0.4, 0.5) is 4.79 Å². The molecule has 2 N–H and O–H groups in total. The quantitative estimate of drug-likeness (QED) is 0.781. The first-order valence-electron chi connectivity index (χ1n) is 6.64. The number of methoxy groups -OCH3 is 1. The second-order valence-corrected chi connectivity index (χ2v) is 7.22. The molecule has 106 valence electrons. The zero-order valence-corrected chi connectivity index (χ0v) is 12.7. The normalized spacial score (nSPS) is 25.2. The van der Waals surface area contributed by atoms with Crippen LogP contribution in [0.3, 0.4) is 0 Å². The molecule has 1 aliphatic rings. The number of hydrogen-bond donors (Lipinski definition) is 2. The molecule has 0 aromatic carbocycles. The molecule has 4 nitrogen and oxygen atoms in total. The van der Waals surface area contributed by atoms with Gasteiger partial charge in [0.1, 0.15) is 0 Å². The van der Waals surface area contributed by atoms with Crippen molar-refractivity contribution in [1.82, 2.24) is 10.6 Å². The molecule has 5 heteroatoms. The van der Waals surface area contributed by atoms with Crippen LogP contribution in [-0.2, 0) is 4.74 Å². The number of amides is 2. The number of thioether (sulfide) groups is 1. The van der Waals surface area contributed by atoms with Crippen molar-refractivity contribution >= 4 is 17.8 Å². The summed E-state index contributed by atoms with van der Waals surface area (Å²) in [5.41, 5.74) is 0. The number of carbonyl (C=O) groups excluding carboxylic acids is 1. The molecule has 0 radical (unpaired) electrons. The molecule has 0 bridgehead atoms. The summed E-state index contributed by atoms with van der Waals surface area (Å²) in [6.45, 7) is 7.68. The van der Waals surface area contributed by atoms with Crippen molar-refractivity contribution in [3.63, 3.8) is 0 Å². The molecule has 0 aromatic rings. The van der Waals surface area contributed by atoms with Gasteiger partial charge in [0.05, 0.1) is 12.6 Å². The predicted molar refractivity (Wildman–Crippen MR) is 77.1 cm³/mol. The maximum absolute atomic E-state index is 11.8. The first kappa shape index (κ1) is 15.6. The summed E-state index contributed by atoms with van der Waals surface area (Å²) in [5, 5.41) is 5.96. The van der Waals surface area contributed by atoms with E-state index in [4.69, 9.17) is 4.74 Å². The predicted octanol–water partition coefficient (Wildman–Crippen LogP) is 2.24. The third-order valence-electron chi connectivity index (χ3n) is 3.39. The molecular weight excluding hydrogens is 248 g/mol. The molecule has 0 unspecified atom stereocenters. The molecule has 0 spiro atoms.